The first kappa shape index (κ1) is 34.5. The number of benzene rings is 2. The number of carbonyl (C=O) groups is 1. The largest absolute Gasteiger partial charge is 0.456 e. The lowest BCUT2D eigenvalue weighted by Crippen LogP contribution is -2.62. The van der Waals surface area contributed by atoms with Crippen molar-refractivity contribution in [1.29, 1.82) is 0 Å². The maximum absolute atomic E-state index is 13.2. The number of esters is 1. The van der Waals surface area contributed by atoms with Crippen LogP contribution in [-0.4, -0.2) is 51.4 Å². The topological polar surface area (TPSA) is 63.2 Å². The quantitative estimate of drug-likeness (QED) is 0.172. The van der Waals surface area contributed by atoms with Gasteiger partial charge in [0.1, 0.15) is 18.3 Å². The van der Waals surface area contributed by atoms with Gasteiger partial charge in [-0.1, -0.05) is 102 Å². The van der Waals surface area contributed by atoms with Crippen LogP contribution in [0.15, 0.2) is 60.7 Å². The highest BCUT2D eigenvalue weighted by Crippen LogP contribution is 2.43. The van der Waals surface area contributed by atoms with Crippen LogP contribution < -0.4 is 0 Å². The Kier molecular flexibility index (Phi) is 12.4. The second kappa shape index (κ2) is 15.1. The molecule has 0 bridgehead atoms. The standard InChI is InChI=1S/C35H54O6Si/c1-24(2)42(25(3)4,26(5)6)39-23-30-32(37-21-28-17-13-11-14-18-28)33(38-22-29-19-15-12-16-20-29)31(27(7)40-30)41-34(36)35(8,9)10/h11-20,24-27,30-33H,21-23H2,1-10H3/t27?,30?,31-,32+,33?/m1/s1. The molecule has 42 heavy (non-hydrogen) atoms. The van der Waals surface area contributed by atoms with E-state index in [0.717, 1.165) is 11.1 Å². The van der Waals surface area contributed by atoms with Crippen LogP contribution in [0.5, 0.6) is 0 Å². The first-order chi connectivity index (χ1) is 19.8. The van der Waals surface area contributed by atoms with Gasteiger partial charge < -0.3 is 23.4 Å². The molecule has 0 N–H and O–H groups in total. The summed E-state index contributed by atoms with van der Waals surface area (Å²) in [6.07, 6.45) is -2.50. The molecule has 0 amide bonds. The van der Waals surface area contributed by atoms with Gasteiger partial charge in [-0.15, -0.1) is 0 Å². The Morgan fingerprint density at radius 1 is 0.762 bits per heavy atom. The van der Waals surface area contributed by atoms with Gasteiger partial charge in [-0.25, -0.2) is 0 Å². The summed E-state index contributed by atoms with van der Waals surface area (Å²) in [7, 11) is -2.17. The van der Waals surface area contributed by atoms with Crippen LogP contribution in [0.2, 0.25) is 16.6 Å². The Morgan fingerprint density at radius 2 is 1.21 bits per heavy atom. The molecule has 0 spiro atoms. The molecule has 3 unspecified atom stereocenters. The van der Waals surface area contributed by atoms with Gasteiger partial charge in [-0.3, -0.25) is 4.79 Å². The van der Waals surface area contributed by atoms with E-state index in [1.54, 1.807) is 0 Å². The maximum atomic E-state index is 13.2. The van der Waals surface area contributed by atoms with E-state index < -0.39 is 44.3 Å². The molecule has 7 heteroatoms. The number of rotatable bonds is 13. The van der Waals surface area contributed by atoms with Crippen LogP contribution in [-0.2, 0) is 41.4 Å². The fraction of sp³-hybridized carbons (Fsp3) is 0.629. The Bertz CT molecular complexity index is 1060. The second-order valence-electron chi connectivity index (χ2n) is 13.7. The molecular formula is C35H54O6Si. The Balaban J connectivity index is 1.98. The first-order valence-electron chi connectivity index (χ1n) is 15.6. The fourth-order valence-electron chi connectivity index (χ4n) is 6.35. The van der Waals surface area contributed by atoms with Crippen molar-refractivity contribution in [2.75, 3.05) is 6.61 Å². The molecule has 6 nitrogen and oxygen atoms in total. The van der Waals surface area contributed by atoms with Crippen LogP contribution in [0.3, 0.4) is 0 Å². The normalized spacial score (nSPS) is 23.5. The summed E-state index contributed by atoms with van der Waals surface area (Å²) < 4.78 is 33.2. The van der Waals surface area contributed by atoms with E-state index in [4.69, 9.17) is 23.4 Å². The number of ether oxygens (including phenoxy) is 4. The predicted molar refractivity (Wildman–Crippen MR) is 171 cm³/mol. The molecule has 2 aromatic rings. The lowest BCUT2D eigenvalue weighted by atomic mass is 9.93. The fourth-order valence-corrected chi connectivity index (χ4v) is 11.8. The minimum Gasteiger partial charge on any atom is -0.456 e. The minimum atomic E-state index is -2.17. The molecule has 3 rings (SSSR count). The van der Waals surface area contributed by atoms with Crippen LogP contribution >= 0.6 is 0 Å². The van der Waals surface area contributed by atoms with Crippen molar-refractivity contribution in [1.82, 2.24) is 0 Å². The molecule has 1 fully saturated rings. The van der Waals surface area contributed by atoms with Crippen molar-refractivity contribution in [2.24, 2.45) is 5.41 Å². The Hall–Kier alpha value is -2.03. The van der Waals surface area contributed by atoms with Crippen LogP contribution in [0, 0.1) is 5.41 Å². The molecule has 1 saturated heterocycles. The van der Waals surface area contributed by atoms with E-state index in [2.05, 4.69) is 41.5 Å². The average Bonchev–Trinajstić information content (AvgIpc) is 2.93. The van der Waals surface area contributed by atoms with Crippen LogP contribution in [0.1, 0.15) is 80.4 Å². The van der Waals surface area contributed by atoms with Crippen molar-refractivity contribution >= 4 is 14.3 Å². The zero-order chi connectivity index (χ0) is 31.1. The van der Waals surface area contributed by atoms with Gasteiger partial charge >= 0.3 is 5.97 Å². The minimum absolute atomic E-state index is 0.293. The zero-order valence-electron chi connectivity index (χ0n) is 27.5. The van der Waals surface area contributed by atoms with Gasteiger partial charge in [0.05, 0.1) is 31.3 Å². The number of carbonyl (C=O) groups excluding carboxylic acids is 1. The predicted octanol–water partition coefficient (Wildman–Crippen LogP) is 8.09. The van der Waals surface area contributed by atoms with Gasteiger partial charge in [-0.05, 0) is 55.4 Å². The molecule has 2 aromatic carbocycles. The highest BCUT2D eigenvalue weighted by molar-refractivity contribution is 6.77. The summed E-state index contributed by atoms with van der Waals surface area (Å²) in [6.45, 7) is 22.4. The van der Waals surface area contributed by atoms with Crippen molar-refractivity contribution in [2.45, 2.75) is 130 Å². The van der Waals surface area contributed by atoms with Gasteiger partial charge in [0.25, 0.3) is 0 Å². The number of hydrogen-bond acceptors (Lipinski definition) is 6. The van der Waals surface area contributed by atoms with Crippen molar-refractivity contribution in [3.8, 4) is 0 Å². The molecule has 1 aliphatic rings. The molecule has 0 aromatic heterocycles. The average molecular weight is 599 g/mol. The van der Waals surface area contributed by atoms with E-state index >= 15 is 0 Å². The summed E-state index contributed by atoms with van der Waals surface area (Å²) in [6, 6.07) is 20.1. The lowest BCUT2D eigenvalue weighted by Gasteiger charge is -2.48. The summed E-state index contributed by atoms with van der Waals surface area (Å²) in [5.74, 6) is -0.293. The molecule has 5 atom stereocenters. The maximum Gasteiger partial charge on any atom is 0.311 e. The summed E-state index contributed by atoms with van der Waals surface area (Å²) in [5, 5.41) is 0. The molecule has 1 heterocycles. The Labute approximate surface area is 255 Å². The monoisotopic (exact) mass is 598 g/mol. The SMILES string of the molecule is CC1OC(CO[Si](C(C)C)(C(C)C)C(C)C)[C@H](OCc2ccccc2)C(OCc2ccccc2)[C@@H]1OC(=O)C(C)(C)C. The van der Waals surface area contributed by atoms with Crippen molar-refractivity contribution < 1.29 is 28.2 Å². The molecule has 0 saturated carbocycles. The number of hydrogen-bond donors (Lipinski definition) is 0. The molecular weight excluding hydrogens is 544 g/mol. The lowest BCUT2D eigenvalue weighted by molar-refractivity contribution is -0.261. The Morgan fingerprint density at radius 3 is 1.64 bits per heavy atom. The molecule has 1 aliphatic heterocycles. The molecule has 0 radical (unpaired) electrons. The molecule has 234 valence electrons. The van der Waals surface area contributed by atoms with Crippen LogP contribution in [0.4, 0.5) is 0 Å². The third kappa shape index (κ3) is 8.54. The van der Waals surface area contributed by atoms with E-state index in [1.807, 2.05) is 88.4 Å². The van der Waals surface area contributed by atoms with E-state index in [9.17, 15) is 4.79 Å². The van der Waals surface area contributed by atoms with E-state index in [-0.39, 0.29) is 5.97 Å². The summed E-state index contributed by atoms with van der Waals surface area (Å²) in [4.78, 5) is 13.2. The van der Waals surface area contributed by atoms with Crippen molar-refractivity contribution in [3.05, 3.63) is 71.8 Å². The van der Waals surface area contributed by atoms with Gasteiger partial charge in [-0.2, -0.15) is 0 Å². The third-order valence-electron chi connectivity index (χ3n) is 8.50. The van der Waals surface area contributed by atoms with E-state index in [0.29, 0.717) is 36.4 Å². The summed E-state index contributed by atoms with van der Waals surface area (Å²) >= 11 is 0. The van der Waals surface area contributed by atoms with E-state index in [1.165, 1.54) is 0 Å². The summed E-state index contributed by atoms with van der Waals surface area (Å²) in [5.41, 5.74) is 2.74. The van der Waals surface area contributed by atoms with Gasteiger partial charge in [0.2, 0.25) is 0 Å². The third-order valence-corrected chi connectivity index (χ3v) is 14.6. The molecule has 0 aliphatic carbocycles. The first-order valence-corrected chi connectivity index (χ1v) is 17.7. The van der Waals surface area contributed by atoms with Crippen LogP contribution in [0.25, 0.3) is 0 Å². The second-order valence-corrected chi connectivity index (χ2v) is 19.1. The van der Waals surface area contributed by atoms with Crippen molar-refractivity contribution in [3.63, 3.8) is 0 Å². The van der Waals surface area contributed by atoms with Gasteiger partial charge in [0, 0.05) is 0 Å². The smallest absolute Gasteiger partial charge is 0.311 e. The highest BCUT2D eigenvalue weighted by Gasteiger charge is 2.51. The van der Waals surface area contributed by atoms with Gasteiger partial charge in [0.15, 0.2) is 14.4 Å². The zero-order valence-corrected chi connectivity index (χ0v) is 28.5. The highest BCUT2D eigenvalue weighted by atomic mass is 28.4.